The molecule has 1 aliphatic carbocycles. The van der Waals surface area contributed by atoms with E-state index in [0.29, 0.717) is 11.8 Å². The number of hydrogen-bond acceptors (Lipinski definition) is 1. The highest BCUT2D eigenvalue weighted by atomic mass is 19.2. The van der Waals surface area contributed by atoms with E-state index < -0.39 is 17.5 Å². The normalized spacial score (nSPS) is 20.2. The Labute approximate surface area is 158 Å². The molecule has 0 unspecified atom stereocenters. The largest absolute Gasteiger partial charge is 0.491 e. The first kappa shape index (κ1) is 19.5. The van der Waals surface area contributed by atoms with Crippen LogP contribution in [0.3, 0.4) is 0 Å². The van der Waals surface area contributed by atoms with E-state index in [1.807, 2.05) is 13.0 Å². The summed E-state index contributed by atoms with van der Waals surface area (Å²) in [5.41, 5.74) is 0.916. The van der Waals surface area contributed by atoms with Gasteiger partial charge in [-0.05, 0) is 75.1 Å². The molecule has 2 aromatic carbocycles. The Balaban J connectivity index is 1.83. The third-order valence-corrected chi connectivity index (χ3v) is 5.34. The number of benzene rings is 2. The van der Waals surface area contributed by atoms with E-state index in [1.54, 1.807) is 13.0 Å². The Kier molecular flexibility index (Phi) is 6.25. The first-order valence-electron chi connectivity index (χ1n) is 9.58. The monoisotopic (exact) mass is 374 g/mol. The number of halogens is 3. The van der Waals surface area contributed by atoms with E-state index in [1.165, 1.54) is 18.2 Å². The number of allylic oxidation sites excluding steroid dienone is 2. The van der Waals surface area contributed by atoms with Crippen molar-refractivity contribution in [3.8, 4) is 16.9 Å². The maximum absolute atomic E-state index is 14.7. The minimum atomic E-state index is -1.08. The molecule has 0 saturated heterocycles. The second-order valence-corrected chi connectivity index (χ2v) is 7.05. The van der Waals surface area contributed by atoms with Gasteiger partial charge in [0.2, 0.25) is 5.82 Å². The maximum Gasteiger partial charge on any atom is 0.201 e. The van der Waals surface area contributed by atoms with Gasteiger partial charge in [0.05, 0.1) is 6.61 Å². The minimum absolute atomic E-state index is 0.0702. The van der Waals surface area contributed by atoms with Gasteiger partial charge in [-0.25, -0.2) is 8.78 Å². The minimum Gasteiger partial charge on any atom is -0.491 e. The Hall–Kier alpha value is -2.23. The van der Waals surface area contributed by atoms with E-state index in [2.05, 4.69) is 12.2 Å². The fraction of sp³-hybridized carbons (Fsp3) is 0.391. The number of ether oxygens (including phenoxy) is 1. The second-order valence-electron chi connectivity index (χ2n) is 7.05. The van der Waals surface area contributed by atoms with Gasteiger partial charge in [-0.1, -0.05) is 24.3 Å². The molecule has 0 atom stereocenters. The van der Waals surface area contributed by atoms with Crippen LogP contribution in [0.25, 0.3) is 11.1 Å². The summed E-state index contributed by atoms with van der Waals surface area (Å²) >= 11 is 0. The van der Waals surface area contributed by atoms with E-state index in [-0.39, 0.29) is 23.5 Å². The SMILES string of the molecule is C/C=C/C1CCC(c2ccc(-c3ccc(OCC)c(F)c3F)c(F)c2)CC1. The highest BCUT2D eigenvalue weighted by Gasteiger charge is 2.23. The summed E-state index contributed by atoms with van der Waals surface area (Å²) < 4.78 is 48.3. The van der Waals surface area contributed by atoms with Crippen LogP contribution >= 0.6 is 0 Å². The van der Waals surface area contributed by atoms with Gasteiger partial charge in [-0.2, -0.15) is 4.39 Å². The summed E-state index contributed by atoms with van der Waals surface area (Å²) in [6.45, 7) is 3.95. The lowest BCUT2D eigenvalue weighted by molar-refractivity contribution is 0.314. The number of rotatable bonds is 5. The molecule has 1 aliphatic rings. The summed E-state index contributed by atoms with van der Waals surface area (Å²) in [4.78, 5) is 0. The van der Waals surface area contributed by atoms with Crippen molar-refractivity contribution in [3.05, 3.63) is 65.5 Å². The Morgan fingerprint density at radius 2 is 1.67 bits per heavy atom. The summed E-state index contributed by atoms with van der Waals surface area (Å²) in [7, 11) is 0. The van der Waals surface area contributed by atoms with Crippen molar-refractivity contribution in [2.75, 3.05) is 6.61 Å². The van der Waals surface area contributed by atoms with E-state index in [9.17, 15) is 13.2 Å². The van der Waals surface area contributed by atoms with Gasteiger partial charge in [-0.15, -0.1) is 0 Å². The van der Waals surface area contributed by atoms with E-state index in [4.69, 9.17) is 4.74 Å². The molecule has 1 fully saturated rings. The van der Waals surface area contributed by atoms with Crippen LogP contribution in [0, 0.1) is 23.4 Å². The summed E-state index contributed by atoms with van der Waals surface area (Å²) in [6.07, 6.45) is 8.54. The van der Waals surface area contributed by atoms with Gasteiger partial charge in [0.15, 0.2) is 11.6 Å². The van der Waals surface area contributed by atoms with Crippen molar-refractivity contribution >= 4 is 0 Å². The molecule has 2 aromatic rings. The van der Waals surface area contributed by atoms with Crippen molar-refractivity contribution in [1.29, 1.82) is 0 Å². The topological polar surface area (TPSA) is 9.23 Å². The summed E-state index contributed by atoms with van der Waals surface area (Å²) in [6, 6.07) is 7.58. The zero-order valence-corrected chi connectivity index (χ0v) is 15.8. The van der Waals surface area contributed by atoms with Crippen LogP contribution in [0.4, 0.5) is 13.2 Å². The van der Waals surface area contributed by atoms with Crippen LogP contribution < -0.4 is 4.74 Å². The molecule has 1 nitrogen and oxygen atoms in total. The average molecular weight is 374 g/mol. The zero-order valence-electron chi connectivity index (χ0n) is 15.8. The summed E-state index contributed by atoms with van der Waals surface area (Å²) in [5.74, 6) is -1.92. The van der Waals surface area contributed by atoms with Gasteiger partial charge in [0.25, 0.3) is 0 Å². The first-order valence-corrected chi connectivity index (χ1v) is 9.58. The molecular formula is C23H25F3O. The molecule has 0 bridgehead atoms. The van der Waals surface area contributed by atoms with Crippen LogP contribution in [0.1, 0.15) is 51.0 Å². The highest BCUT2D eigenvalue weighted by molar-refractivity contribution is 5.66. The third-order valence-electron chi connectivity index (χ3n) is 5.34. The molecule has 0 aromatic heterocycles. The molecule has 0 amide bonds. The summed E-state index contributed by atoms with van der Waals surface area (Å²) in [5, 5.41) is 0. The Bertz CT molecular complexity index is 821. The molecular weight excluding hydrogens is 349 g/mol. The zero-order chi connectivity index (χ0) is 19.4. The molecule has 27 heavy (non-hydrogen) atoms. The van der Waals surface area contributed by atoms with Crippen molar-refractivity contribution < 1.29 is 17.9 Å². The lowest BCUT2D eigenvalue weighted by atomic mass is 9.78. The van der Waals surface area contributed by atoms with Crippen LogP contribution in [0.5, 0.6) is 5.75 Å². The smallest absolute Gasteiger partial charge is 0.201 e. The quantitative estimate of drug-likeness (QED) is 0.511. The maximum atomic E-state index is 14.7. The van der Waals surface area contributed by atoms with Crippen LogP contribution in [-0.2, 0) is 0 Å². The van der Waals surface area contributed by atoms with Gasteiger partial charge in [0, 0.05) is 11.1 Å². The molecule has 1 saturated carbocycles. The Morgan fingerprint density at radius 3 is 2.30 bits per heavy atom. The van der Waals surface area contributed by atoms with E-state index in [0.717, 1.165) is 31.2 Å². The predicted molar refractivity (Wildman–Crippen MR) is 102 cm³/mol. The number of hydrogen-bond donors (Lipinski definition) is 0. The van der Waals surface area contributed by atoms with Gasteiger partial charge in [0.1, 0.15) is 5.82 Å². The van der Waals surface area contributed by atoms with Crippen LogP contribution in [0.2, 0.25) is 0 Å². The molecule has 4 heteroatoms. The molecule has 3 rings (SSSR count). The van der Waals surface area contributed by atoms with E-state index >= 15 is 0 Å². The standard InChI is InChI=1S/C23H25F3O/c1-3-5-15-6-8-16(9-7-15)17-10-11-18(20(24)14-17)19-12-13-21(27-4-2)23(26)22(19)25/h3,5,10-16H,4,6-9H2,1-2H3/b5-3+. The molecule has 0 aliphatic heterocycles. The van der Waals surface area contributed by atoms with Crippen LogP contribution in [-0.4, -0.2) is 6.61 Å². The average Bonchev–Trinajstić information content (AvgIpc) is 2.67. The van der Waals surface area contributed by atoms with Crippen molar-refractivity contribution in [1.82, 2.24) is 0 Å². The lowest BCUT2D eigenvalue weighted by Gasteiger charge is -2.27. The molecule has 0 radical (unpaired) electrons. The third kappa shape index (κ3) is 4.20. The highest BCUT2D eigenvalue weighted by Crippen LogP contribution is 2.38. The van der Waals surface area contributed by atoms with Crippen LogP contribution in [0.15, 0.2) is 42.5 Å². The molecule has 0 spiro atoms. The molecule has 144 valence electrons. The fourth-order valence-corrected chi connectivity index (χ4v) is 3.93. The fourth-order valence-electron chi connectivity index (χ4n) is 3.93. The second kappa shape index (κ2) is 8.64. The first-order chi connectivity index (χ1) is 13.0. The van der Waals surface area contributed by atoms with Gasteiger partial charge in [-0.3, -0.25) is 0 Å². The lowest BCUT2D eigenvalue weighted by Crippen LogP contribution is -2.12. The van der Waals surface area contributed by atoms with Crippen molar-refractivity contribution in [2.24, 2.45) is 5.92 Å². The van der Waals surface area contributed by atoms with Crippen molar-refractivity contribution in [3.63, 3.8) is 0 Å². The van der Waals surface area contributed by atoms with Gasteiger partial charge >= 0.3 is 0 Å². The molecule has 0 N–H and O–H groups in total. The molecule has 0 heterocycles. The Morgan fingerprint density at radius 1 is 0.963 bits per heavy atom. The van der Waals surface area contributed by atoms with Gasteiger partial charge < -0.3 is 4.74 Å². The predicted octanol–water partition coefficient (Wildman–Crippen LogP) is 7.02. The van der Waals surface area contributed by atoms with Crippen molar-refractivity contribution in [2.45, 2.75) is 45.4 Å².